The second-order valence-corrected chi connectivity index (χ2v) is 8.90. The maximum atomic E-state index is 12.0. The second-order valence-electron chi connectivity index (χ2n) is 8.90. The molecular weight excluding hydrogens is 544 g/mol. The molecule has 0 aliphatic carbocycles. The monoisotopic (exact) mass is 563 g/mol. The van der Waals surface area contributed by atoms with Crippen LogP contribution in [0.1, 0.15) is 0 Å². The fraction of sp³-hybridized carbons (Fsp3) is 0.0345. The first-order valence-corrected chi connectivity index (χ1v) is 12.4. The minimum absolute atomic E-state index is 0.0185. The SMILES string of the molecule is COc1ccc(-c2n[n+](-c3cc(-c4nnc(-c5ccccc5)o4)cc([N+](=O)[O-])c3)c(-c3ccccc3[N+](=O)[O-])o2)cc1. The van der Waals surface area contributed by atoms with Gasteiger partial charge in [-0.1, -0.05) is 30.3 Å². The van der Waals surface area contributed by atoms with E-state index in [2.05, 4.69) is 15.3 Å². The molecule has 2 heterocycles. The van der Waals surface area contributed by atoms with Crippen LogP contribution in [0.5, 0.6) is 5.75 Å². The Morgan fingerprint density at radius 1 is 0.714 bits per heavy atom. The molecule has 0 spiro atoms. The predicted octanol–water partition coefficient (Wildman–Crippen LogP) is 5.83. The highest BCUT2D eigenvalue weighted by Gasteiger charge is 2.34. The van der Waals surface area contributed by atoms with Crippen molar-refractivity contribution in [1.82, 2.24) is 15.3 Å². The molecule has 0 aliphatic rings. The number of ether oxygens (including phenoxy) is 1. The Bertz CT molecular complexity index is 1930. The van der Waals surface area contributed by atoms with E-state index in [1.807, 2.05) is 18.2 Å². The third-order valence-corrected chi connectivity index (χ3v) is 6.30. The summed E-state index contributed by atoms with van der Waals surface area (Å²) in [6, 6.07) is 26.0. The molecule has 13 heteroatoms. The third-order valence-electron chi connectivity index (χ3n) is 6.30. The summed E-state index contributed by atoms with van der Waals surface area (Å²) in [5.41, 5.74) is 1.22. The number of nitro benzene ring substituents is 2. The van der Waals surface area contributed by atoms with Gasteiger partial charge in [0.25, 0.3) is 17.3 Å². The summed E-state index contributed by atoms with van der Waals surface area (Å²) in [4.78, 5) is 22.7. The van der Waals surface area contributed by atoms with Gasteiger partial charge in [-0.15, -0.1) is 10.2 Å². The van der Waals surface area contributed by atoms with Crippen molar-refractivity contribution in [2.75, 3.05) is 7.11 Å². The number of nitrogens with zero attached hydrogens (tertiary/aromatic N) is 6. The van der Waals surface area contributed by atoms with E-state index in [-0.39, 0.29) is 51.8 Å². The molecular formula is C29H19N6O7+. The number of non-ortho nitro benzene ring substituents is 1. The van der Waals surface area contributed by atoms with Crippen molar-refractivity contribution in [2.45, 2.75) is 0 Å². The van der Waals surface area contributed by atoms with Crippen molar-refractivity contribution in [3.63, 3.8) is 0 Å². The number of benzene rings is 4. The number of hydrogen-bond acceptors (Lipinski definition) is 10. The van der Waals surface area contributed by atoms with E-state index in [9.17, 15) is 20.2 Å². The topological polar surface area (TPSA) is 164 Å². The Morgan fingerprint density at radius 2 is 1.38 bits per heavy atom. The first-order chi connectivity index (χ1) is 20.4. The van der Waals surface area contributed by atoms with Crippen LogP contribution in [-0.2, 0) is 0 Å². The molecule has 2 aromatic heterocycles. The van der Waals surface area contributed by atoms with Crippen LogP contribution in [0, 0.1) is 20.2 Å². The maximum Gasteiger partial charge on any atom is 0.421 e. The Kier molecular flexibility index (Phi) is 6.64. The standard InChI is InChI=1S/C29H19N6O7/c1-40-23-13-11-19(12-14-23)28-32-33(29(42-28)24-9-5-6-10-25(24)35(38)39)21-15-20(16-22(17-21)34(36)37)27-31-30-26(41-27)18-7-3-2-4-8-18/h2-17H,1H3/q+1. The van der Waals surface area contributed by atoms with E-state index in [1.165, 1.54) is 42.1 Å². The van der Waals surface area contributed by atoms with E-state index < -0.39 is 9.85 Å². The average Bonchev–Trinajstić information content (AvgIpc) is 3.70. The van der Waals surface area contributed by atoms with Gasteiger partial charge in [0, 0.05) is 34.4 Å². The lowest BCUT2D eigenvalue weighted by Crippen LogP contribution is -2.35. The molecule has 0 atom stereocenters. The fourth-order valence-electron chi connectivity index (χ4n) is 4.28. The summed E-state index contributed by atoms with van der Waals surface area (Å²) >= 11 is 0. The van der Waals surface area contributed by atoms with Gasteiger partial charge in [0.15, 0.2) is 5.56 Å². The largest absolute Gasteiger partial charge is 0.497 e. The Balaban J connectivity index is 1.54. The zero-order valence-electron chi connectivity index (χ0n) is 21.8. The number of nitro groups is 2. The summed E-state index contributed by atoms with van der Waals surface area (Å²) in [5, 5.41) is 36.6. The molecule has 0 unspecified atom stereocenters. The van der Waals surface area contributed by atoms with Crippen molar-refractivity contribution in [3.05, 3.63) is 117 Å². The fourth-order valence-corrected chi connectivity index (χ4v) is 4.28. The summed E-state index contributed by atoms with van der Waals surface area (Å²) in [7, 11) is 1.53. The molecule has 0 aliphatic heterocycles. The molecule has 0 saturated carbocycles. The summed E-state index contributed by atoms with van der Waals surface area (Å²) in [6.07, 6.45) is 0. The van der Waals surface area contributed by atoms with Crippen LogP contribution in [0.15, 0.2) is 106 Å². The lowest BCUT2D eigenvalue weighted by molar-refractivity contribution is -0.648. The van der Waals surface area contributed by atoms with Crippen LogP contribution in [0.2, 0.25) is 0 Å². The molecule has 6 aromatic rings. The van der Waals surface area contributed by atoms with Crippen molar-refractivity contribution in [1.29, 1.82) is 0 Å². The normalized spacial score (nSPS) is 10.9. The number of methoxy groups -OCH3 is 1. The van der Waals surface area contributed by atoms with Crippen LogP contribution < -0.4 is 9.42 Å². The molecule has 4 aromatic carbocycles. The highest BCUT2D eigenvalue weighted by atomic mass is 16.6. The van der Waals surface area contributed by atoms with Gasteiger partial charge in [-0.2, -0.15) is 0 Å². The average molecular weight is 564 g/mol. The number of hydrogen-bond donors (Lipinski definition) is 0. The van der Waals surface area contributed by atoms with Gasteiger partial charge in [-0.25, -0.2) is 0 Å². The first-order valence-electron chi connectivity index (χ1n) is 12.4. The van der Waals surface area contributed by atoms with Gasteiger partial charge in [0.1, 0.15) is 5.75 Å². The molecule has 42 heavy (non-hydrogen) atoms. The third kappa shape index (κ3) is 4.93. The molecule has 0 amide bonds. The molecule has 0 radical (unpaired) electrons. The highest BCUT2D eigenvalue weighted by Crippen LogP contribution is 2.33. The molecule has 0 saturated heterocycles. The van der Waals surface area contributed by atoms with Crippen LogP contribution in [-0.4, -0.2) is 32.3 Å². The van der Waals surface area contributed by atoms with Crippen molar-refractivity contribution < 1.29 is 28.1 Å². The number of para-hydroxylation sites is 1. The molecule has 13 nitrogen and oxygen atoms in total. The van der Waals surface area contributed by atoms with E-state index in [1.54, 1.807) is 48.5 Å². The maximum absolute atomic E-state index is 12.0. The summed E-state index contributed by atoms with van der Waals surface area (Å²) in [6.45, 7) is 0. The Hall–Kier alpha value is -6.24. The molecule has 0 bridgehead atoms. The summed E-state index contributed by atoms with van der Waals surface area (Å²) in [5.74, 6) is 0.966. The minimum atomic E-state index is -0.572. The van der Waals surface area contributed by atoms with Crippen molar-refractivity contribution in [2.24, 2.45) is 0 Å². The predicted molar refractivity (Wildman–Crippen MR) is 147 cm³/mol. The Morgan fingerprint density at radius 3 is 2.07 bits per heavy atom. The molecule has 6 rings (SSSR count). The number of aromatic nitrogens is 4. The van der Waals surface area contributed by atoms with Gasteiger partial charge in [-0.3, -0.25) is 20.2 Å². The van der Waals surface area contributed by atoms with Crippen molar-refractivity contribution in [3.8, 4) is 57.3 Å². The Labute approximate surface area is 236 Å². The van der Waals surface area contributed by atoms with Crippen LogP contribution >= 0.6 is 0 Å². The van der Waals surface area contributed by atoms with Gasteiger partial charge in [0.2, 0.25) is 17.5 Å². The lowest BCUT2D eigenvalue weighted by atomic mass is 10.1. The molecule has 0 fully saturated rings. The lowest BCUT2D eigenvalue weighted by Gasteiger charge is -1.99. The second kappa shape index (κ2) is 10.7. The van der Waals surface area contributed by atoms with E-state index >= 15 is 0 Å². The van der Waals surface area contributed by atoms with E-state index in [0.29, 0.717) is 16.9 Å². The van der Waals surface area contributed by atoms with Crippen LogP contribution in [0.4, 0.5) is 11.4 Å². The number of rotatable bonds is 8. The highest BCUT2D eigenvalue weighted by molar-refractivity contribution is 5.68. The van der Waals surface area contributed by atoms with Gasteiger partial charge in [0.05, 0.1) is 28.6 Å². The minimum Gasteiger partial charge on any atom is -0.497 e. The quantitative estimate of drug-likeness (QED) is 0.125. The molecule has 206 valence electrons. The smallest absolute Gasteiger partial charge is 0.421 e. The van der Waals surface area contributed by atoms with Gasteiger partial charge in [-0.05, 0) is 47.1 Å². The van der Waals surface area contributed by atoms with E-state index in [4.69, 9.17) is 13.6 Å². The summed E-state index contributed by atoms with van der Waals surface area (Å²) < 4.78 is 18.4. The van der Waals surface area contributed by atoms with E-state index in [0.717, 1.165) is 0 Å². The zero-order valence-corrected chi connectivity index (χ0v) is 21.8. The van der Waals surface area contributed by atoms with Gasteiger partial charge >= 0.3 is 5.89 Å². The molecule has 0 N–H and O–H groups in total. The van der Waals surface area contributed by atoms with Crippen LogP contribution in [0.25, 0.3) is 51.5 Å². The van der Waals surface area contributed by atoms with Crippen molar-refractivity contribution >= 4 is 11.4 Å². The zero-order chi connectivity index (χ0) is 29.2. The van der Waals surface area contributed by atoms with Crippen LogP contribution in [0.3, 0.4) is 0 Å². The van der Waals surface area contributed by atoms with Gasteiger partial charge < -0.3 is 13.6 Å². The first kappa shape index (κ1) is 26.0.